The zero-order chi connectivity index (χ0) is 8.27. The molecule has 0 fully saturated rings. The van der Waals surface area contributed by atoms with E-state index < -0.39 is 0 Å². The molecule has 0 heterocycles. The Bertz CT molecular complexity index is 271. The Morgan fingerprint density at radius 3 is 2.73 bits per heavy atom. The highest BCUT2D eigenvalue weighted by Gasteiger charge is 1.96. The van der Waals surface area contributed by atoms with Gasteiger partial charge in [0.05, 0.1) is 7.11 Å². The van der Waals surface area contributed by atoms with Gasteiger partial charge in [-0.25, -0.2) is 0 Å². The average molecular weight is 262 g/mol. The van der Waals surface area contributed by atoms with Crippen LogP contribution in [0.1, 0.15) is 10.4 Å². The van der Waals surface area contributed by atoms with Crippen LogP contribution in [0.5, 0.6) is 5.75 Å². The van der Waals surface area contributed by atoms with Gasteiger partial charge in [0, 0.05) is 9.13 Å². The van der Waals surface area contributed by atoms with Crippen molar-refractivity contribution in [2.45, 2.75) is 0 Å². The van der Waals surface area contributed by atoms with Crippen molar-refractivity contribution < 1.29 is 9.53 Å². The molecular formula is C8H7IO2. The fraction of sp³-hybridized carbons (Fsp3) is 0.125. The van der Waals surface area contributed by atoms with Crippen molar-refractivity contribution in [1.82, 2.24) is 0 Å². The minimum absolute atomic E-state index is 0.647. The van der Waals surface area contributed by atoms with E-state index >= 15 is 0 Å². The van der Waals surface area contributed by atoms with Gasteiger partial charge >= 0.3 is 0 Å². The van der Waals surface area contributed by atoms with Crippen LogP contribution in [0, 0.1) is 3.57 Å². The SMILES string of the molecule is COc1cc(I)cc(C=O)c1. The Balaban J connectivity index is 3.11. The second kappa shape index (κ2) is 3.71. The molecule has 11 heavy (non-hydrogen) atoms. The predicted octanol–water partition coefficient (Wildman–Crippen LogP) is 2.11. The summed E-state index contributed by atoms with van der Waals surface area (Å²) in [4.78, 5) is 10.4. The monoisotopic (exact) mass is 262 g/mol. The third kappa shape index (κ3) is 2.18. The van der Waals surface area contributed by atoms with E-state index in [0.717, 1.165) is 15.6 Å². The number of aldehydes is 1. The molecule has 2 nitrogen and oxygen atoms in total. The standard InChI is InChI=1S/C8H7IO2/c1-11-8-3-6(5-10)2-7(9)4-8/h2-5H,1H3. The van der Waals surface area contributed by atoms with Crippen LogP contribution >= 0.6 is 22.6 Å². The van der Waals surface area contributed by atoms with E-state index in [4.69, 9.17) is 4.74 Å². The van der Waals surface area contributed by atoms with Gasteiger partial charge in [-0.15, -0.1) is 0 Å². The van der Waals surface area contributed by atoms with E-state index in [-0.39, 0.29) is 0 Å². The summed E-state index contributed by atoms with van der Waals surface area (Å²) >= 11 is 2.14. The van der Waals surface area contributed by atoms with Gasteiger partial charge in [0.1, 0.15) is 12.0 Å². The molecule has 0 unspecified atom stereocenters. The van der Waals surface area contributed by atoms with Gasteiger partial charge in [0.15, 0.2) is 0 Å². The zero-order valence-corrected chi connectivity index (χ0v) is 8.16. The molecule has 0 saturated carbocycles. The van der Waals surface area contributed by atoms with Crippen LogP contribution in [-0.4, -0.2) is 13.4 Å². The smallest absolute Gasteiger partial charge is 0.150 e. The highest BCUT2D eigenvalue weighted by atomic mass is 127. The first-order chi connectivity index (χ1) is 5.26. The third-order valence-corrected chi connectivity index (χ3v) is 1.89. The summed E-state index contributed by atoms with van der Waals surface area (Å²) in [6, 6.07) is 5.37. The lowest BCUT2D eigenvalue weighted by Crippen LogP contribution is -1.87. The maximum absolute atomic E-state index is 10.4. The lowest BCUT2D eigenvalue weighted by atomic mass is 10.2. The van der Waals surface area contributed by atoms with Crippen LogP contribution in [0.4, 0.5) is 0 Å². The molecule has 0 aliphatic carbocycles. The maximum Gasteiger partial charge on any atom is 0.150 e. The first kappa shape index (κ1) is 8.52. The molecule has 1 rings (SSSR count). The molecule has 58 valence electrons. The van der Waals surface area contributed by atoms with Crippen molar-refractivity contribution >= 4 is 28.9 Å². The van der Waals surface area contributed by atoms with E-state index in [1.54, 1.807) is 19.2 Å². The summed E-state index contributed by atoms with van der Waals surface area (Å²) in [5.74, 6) is 0.721. The summed E-state index contributed by atoms with van der Waals surface area (Å²) in [6.45, 7) is 0. The van der Waals surface area contributed by atoms with Gasteiger partial charge in [-0.1, -0.05) is 0 Å². The molecule has 3 heteroatoms. The molecular weight excluding hydrogens is 255 g/mol. The second-order valence-electron chi connectivity index (χ2n) is 2.04. The lowest BCUT2D eigenvalue weighted by Gasteiger charge is -2.00. The number of hydrogen-bond donors (Lipinski definition) is 0. The number of rotatable bonds is 2. The molecule has 0 saturated heterocycles. The van der Waals surface area contributed by atoms with Crippen molar-refractivity contribution in [1.29, 1.82) is 0 Å². The van der Waals surface area contributed by atoms with Crippen molar-refractivity contribution in [2.75, 3.05) is 7.11 Å². The maximum atomic E-state index is 10.4. The molecule has 0 spiro atoms. The van der Waals surface area contributed by atoms with Crippen molar-refractivity contribution in [3.8, 4) is 5.75 Å². The Morgan fingerprint density at radius 2 is 2.18 bits per heavy atom. The zero-order valence-electron chi connectivity index (χ0n) is 6.00. The lowest BCUT2D eigenvalue weighted by molar-refractivity contribution is 0.112. The summed E-state index contributed by atoms with van der Waals surface area (Å²) < 4.78 is 5.98. The summed E-state index contributed by atoms with van der Waals surface area (Å²) in [7, 11) is 1.58. The number of benzene rings is 1. The fourth-order valence-corrected chi connectivity index (χ4v) is 1.44. The van der Waals surface area contributed by atoms with Crippen molar-refractivity contribution in [3.63, 3.8) is 0 Å². The minimum atomic E-state index is 0.647. The molecule has 0 atom stereocenters. The Hall–Kier alpha value is -0.580. The van der Waals surface area contributed by atoms with Gasteiger partial charge in [0.2, 0.25) is 0 Å². The minimum Gasteiger partial charge on any atom is -0.497 e. The van der Waals surface area contributed by atoms with E-state index in [1.807, 2.05) is 6.07 Å². The quantitative estimate of drug-likeness (QED) is 0.602. The Kier molecular flexibility index (Phi) is 2.87. The third-order valence-electron chi connectivity index (χ3n) is 1.27. The van der Waals surface area contributed by atoms with E-state index in [1.165, 1.54) is 0 Å². The molecule has 0 aliphatic heterocycles. The molecule has 0 N–H and O–H groups in total. The second-order valence-corrected chi connectivity index (χ2v) is 3.29. The van der Waals surface area contributed by atoms with Gasteiger partial charge in [-0.2, -0.15) is 0 Å². The number of carbonyl (C=O) groups is 1. The summed E-state index contributed by atoms with van der Waals surface area (Å²) in [6.07, 6.45) is 0.810. The van der Waals surface area contributed by atoms with Crippen molar-refractivity contribution in [2.24, 2.45) is 0 Å². The van der Waals surface area contributed by atoms with Crippen LogP contribution in [0.25, 0.3) is 0 Å². The average Bonchev–Trinajstić information content (AvgIpc) is 2.03. The Labute approximate surface area is 78.7 Å². The number of ether oxygens (including phenoxy) is 1. The van der Waals surface area contributed by atoms with Crippen LogP contribution in [-0.2, 0) is 0 Å². The molecule has 0 aliphatic rings. The van der Waals surface area contributed by atoms with E-state index in [9.17, 15) is 4.79 Å². The largest absolute Gasteiger partial charge is 0.497 e. The van der Waals surface area contributed by atoms with Gasteiger partial charge in [-0.05, 0) is 40.8 Å². The van der Waals surface area contributed by atoms with Crippen LogP contribution < -0.4 is 4.74 Å². The predicted molar refractivity (Wildman–Crippen MR) is 51.1 cm³/mol. The van der Waals surface area contributed by atoms with Gasteiger partial charge in [0.25, 0.3) is 0 Å². The number of halogens is 1. The van der Waals surface area contributed by atoms with E-state index in [2.05, 4.69) is 22.6 Å². The molecule has 1 aromatic carbocycles. The summed E-state index contributed by atoms with van der Waals surface area (Å²) in [5.41, 5.74) is 0.647. The number of hydrogen-bond acceptors (Lipinski definition) is 2. The Morgan fingerprint density at radius 1 is 1.45 bits per heavy atom. The van der Waals surface area contributed by atoms with Crippen LogP contribution in [0.3, 0.4) is 0 Å². The number of methoxy groups -OCH3 is 1. The fourth-order valence-electron chi connectivity index (χ4n) is 0.770. The summed E-state index contributed by atoms with van der Waals surface area (Å²) in [5, 5.41) is 0. The van der Waals surface area contributed by atoms with Crippen LogP contribution in [0.2, 0.25) is 0 Å². The molecule has 1 aromatic rings. The molecule has 0 aromatic heterocycles. The van der Waals surface area contributed by atoms with Crippen LogP contribution in [0.15, 0.2) is 18.2 Å². The first-order valence-corrected chi connectivity index (χ1v) is 4.14. The van der Waals surface area contributed by atoms with Gasteiger partial charge < -0.3 is 4.74 Å². The molecule has 0 bridgehead atoms. The van der Waals surface area contributed by atoms with Gasteiger partial charge in [-0.3, -0.25) is 4.79 Å². The highest BCUT2D eigenvalue weighted by molar-refractivity contribution is 14.1. The molecule has 0 radical (unpaired) electrons. The van der Waals surface area contributed by atoms with Crippen molar-refractivity contribution in [3.05, 3.63) is 27.3 Å². The molecule has 0 amide bonds. The highest BCUT2D eigenvalue weighted by Crippen LogP contribution is 2.16. The first-order valence-electron chi connectivity index (χ1n) is 3.06. The van der Waals surface area contributed by atoms with E-state index in [0.29, 0.717) is 5.56 Å². The normalized spacial score (nSPS) is 9.27. The topological polar surface area (TPSA) is 26.3 Å². The number of carbonyl (C=O) groups excluding carboxylic acids is 1.